The van der Waals surface area contributed by atoms with Crippen LogP contribution in [0, 0.1) is 17.1 Å². The first-order valence-corrected chi connectivity index (χ1v) is 15.3. The molecule has 0 radical (unpaired) electrons. The summed E-state index contributed by atoms with van der Waals surface area (Å²) in [5.41, 5.74) is 2.94. The van der Waals surface area contributed by atoms with E-state index >= 15 is 0 Å². The van der Waals surface area contributed by atoms with E-state index in [9.17, 15) is 9.18 Å². The number of benzene rings is 2. The van der Waals surface area contributed by atoms with Gasteiger partial charge in [0, 0.05) is 37.5 Å². The molecule has 11 heteroatoms. The maximum absolute atomic E-state index is 14.2. The van der Waals surface area contributed by atoms with E-state index in [1.165, 1.54) is 13.2 Å². The summed E-state index contributed by atoms with van der Waals surface area (Å²) in [7, 11) is 1.39. The number of nitriles is 1. The first kappa shape index (κ1) is 31.2. The van der Waals surface area contributed by atoms with Crippen LogP contribution in [0.2, 0.25) is 0 Å². The Balaban J connectivity index is 0.00000188. The minimum atomic E-state index is -0.464. The van der Waals surface area contributed by atoms with Crippen LogP contribution in [0.15, 0.2) is 48.7 Å². The van der Waals surface area contributed by atoms with E-state index in [4.69, 9.17) is 24.5 Å². The van der Waals surface area contributed by atoms with Crippen LogP contribution in [0.25, 0.3) is 11.0 Å². The van der Waals surface area contributed by atoms with Crippen molar-refractivity contribution < 1.29 is 23.4 Å². The molecule has 2 aliphatic heterocycles. The zero-order valence-electron chi connectivity index (χ0n) is 25.5. The molecular weight excluding hydrogens is 563 g/mol. The van der Waals surface area contributed by atoms with Crippen molar-refractivity contribution in [2.75, 3.05) is 26.8 Å². The summed E-state index contributed by atoms with van der Waals surface area (Å²) in [6.07, 6.45) is 5.95. The number of halogens is 1. The first-order chi connectivity index (χ1) is 21.5. The van der Waals surface area contributed by atoms with Crippen molar-refractivity contribution in [3.63, 3.8) is 0 Å². The zero-order valence-corrected chi connectivity index (χ0v) is 25.5. The van der Waals surface area contributed by atoms with Gasteiger partial charge in [0.2, 0.25) is 5.88 Å². The Kier molecular flexibility index (Phi) is 10.2. The molecule has 44 heavy (non-hydrogen) atoms. The monoisotopic (exact) mass is 602 g/mol. The van der Waals surface area contributed by atoms with Gasteiger partial charge in [-0.2, -0.15) is 5.26 Å². The lowest BCUT2D eigenvalue weighted by Crippen LogP contribution is -2.35. The molecule has 232 valence electrons. The van der Waals surface area contributed by atoms with Crippen LogP contribution in [-0.2, 0) is 29.2 Å². The third-order valence-corrected chi connectivity index (χ3v) is 8.10. The van der Waals surface area contributed by atoms with Gasteiger partial charge in [0.25, 0.3) is 0 Å². The standard InChI is InChI=1S/C31H33FN6O4.C2H6/c1-40-31(39)22-6-7-27-28(16-22)37(18-25-3-2-14-41-25)29(34-27)19-36-11-8-24(9-12-36)38-13-10-30(35-38)42-20-23-5-4-21(17-33)15-26(23)32;1-2/h4-7,10,13,15-16,24-25H,2-3,8-9,11-12,14,18-20H2,1H3;1-2H3/t25-;/m0./s1. The summed E-state index contributed by atoms with van der Waals surface area (Å²) >= 11 is 0. The molecule has 2 fully saturated rings. The van der Waals surface area contributed by atoms with Crippen LogP contribution >= 0.6 is 0 Å². The van der Waals surface area contributed by atoms with E-state index in [1.807, 2.05) is 42.9 Å². The van der Waals surface area contributed by atoms with Crippen LogP contribution in [0.3, 0.4) is 0 Å². The van der Waals surface area contributed by atoms with E-state index in [1.54, 1.807) is 24.3 Å². The molecule has 4 aromatic rings. The molecule has 10 nitrogen and oxygen atoms in total. The Morgan fingerprint density at radius 1 is 1.14 bits per heavy atom. The number of aromatic nitrogens is 4. The highest BCUT2D eigenvalue weighted by Crippen LogP contribution is 2.27. The molecule has 0 amide bonds. The Labute approximate surface area is 256 Å². The summed E-state index contributed by atoms with van der Waals surface area (Å²) in [5.74, 6) is 0.578. The first-order valence-electron chi connectivity index (χ1n) is 15.3. The van der Waals surface area contributed by atoms with Crippen molar-refractivity contribution in [2.24, 2.45) is 0 Å². The number of carbonyl (C=O) groups is 1. The average molecular weight is 603 g/mol. The van der Waals surface area contributed by atoms with E-state index < -0.39 is 5.82 Å². The summed E-state index contributed by atoms with van der Waals surface area (Å²) in [6, 6.07) is 13.8. The Morgan fingerprint density at radius 2 is 1.95 bits per heavy atom. The number of piperidine rings is 1. The largest absolute Gasteiger partial charge is 0.472 e. The van der Waals surface area contributed by atoms with Gasteiger partial charge in [-0.25, -0.2) is 14.2 Å². The summed E-state index contributed by atoms with van der Waals surface area (Å²) < 4.78 is 34.9. The molecule has 2 saturated heterocycles. The van der Waals surface area contributed by atoms with Crippen molar-refractivity contribution >= 4 is 17.0 Å². The number of imidazole rings is 1. The Morgan fingerprint density at radius 3 is 2.66 bits per heavy atom. The highest BCUT2D eigenvalue weighted by atomic mass is 19.1. The minimum Gasteiger partial charge on any atom is -0.472 e. The molecule has 2 aromatic carbocycles. The fourth-order valence-corrected chi connectivity index (χ4v) is 5.76. The van der Waals surface area contributed by atoms with Crippen molar-refractivity contribution in [1.82, 2.24) is 24.2 Å². The molecule has 2 aliphatic rings. The third-order valence-electron chi connectivity index (χ3n) is 8.10. The number of hydrogen-bond acceptors (Lipinski definition) is 8. The Hall–Kier alpha value is -4.27. The molecule has 0 aliphatic carbocycles. The molecule has 0 bridgehead atoms. The van der Waals surface area contributed by atoms with E-state index in [2.05, 4.69) is 14.6 Å². The second kappa shape index (κ2) is 14.5. The van der Waals surface area contributed by atoms with E-state index in [-0.39, 0.29) is 30.3 Å². The van der Waals surface area contributed by atoms with Gasteiger partial charge in [-0.1, -0.05) is 19.9 Å². The predicted octanol–water partition coefficient (Wildman–Crippen LogP) is 5.65. The molecule has 0 unspecified atom stereocenters. The number of hydrogen-bond donors (Lipinski definition) is 0. The zero-order chi connectivity index (χ0) is 31.1. The molecule has 0 saturated carbocycles. The predicted molar refractivity (Wildman–Crippen MR) is 163 cm³/mol. The van der Waals surface area contributed by atoms with Crippen LogP contribution in [-0.4, -0.2) is 63.1 Å². The van der Waals surface area contributed by atoms with Crippen LogP contribution < -0.4 is 4.74 Å². The Bertz CT molecular complexity index is 1610. The number of methoxy groups -OCH3 is 1. The quantitative estimate of drug-likeness (QED) is 0.226. The van der Waals surface area contributed by atoms with E-state index in [0.717, 1.165) is 62.2 Å². The smallest absolute Gasteiger partial charge is 0.337 e. The highest BCUT2D eigenvalue weighted by molar-refractivity contribution is 5.93. The molecule has 6 rings (SSSR count). The van der Waals surface area contributed by atoms with Gasteiger partial charge >= 0.3 is 5.97 Å². The molecule has 0 spiro atoms. The van der Waals surface area contributed by atoms with Gasteiger partial charge in [0.1, 0.15) is 18.2 Å². The molecular formula is C33H39FN6O4. The minimum absolute atomic E-state index is 0.0427. The van der Waals surface area contributed by atoms with Gasteiger partial charge in [-0.05, 0) is 56.0 Å². The van der Waals surface area contributed by atoms with Crippen molar-refractivity contribution in [3.8, 4) is 11.9 Å². The molecule has 4 heterocycles. The number of fused-ring (bicyclic) bond motifs is 1. The van der Waals surface area contributed by atoms with Crippen molar-refractivity contribution in [2.45, 2.75) is 71.4 Å². The maximum atomic E-state index is 14.2. The van der Waals surface area contributed by atoms with Gasteiger partial charge in [-0.3, -0.25) is 9.58 Å². The number of esters is 1. The number of carbonyl (C=O) groups excluding carboxylic acids is 1. The highest BCUT2D eigenvalue weighted by Gasteiger charge is 2.25. The number of nitrogens with zero attached hydrogens (tertiary/aromatic N) is 6. The fraction of sp³-hybridized carbons (Fsp3) is 0.455. The lowest BCUT2D eigenvalue weighted by Gasteiger charge is -2.32. The average Bonchev–Trinajstić information content (AvgIpc) is 3.83. The fourth-order valence-electron chi connectivity index (χ4n) is 5.76. The summed E-state index contributed by atoms with van der Waals surface area (Å²) in [5, 5.41) is 13.5. The molecule has 2 aromatic heterocycles. The van der Waals surface area contributed by atoms with Gasteiger partial charge in [0.15, 0.2) is 0 Å². The normalized spacial score (nSPS) is 17.2. The van der Waals surface area contributed by atoms with Gasteiger partial charge in [-0.15, -0.1) is 5.10 Å². The topological polar surface area (TPSA) is 107 Å². The SMILES string of the molecule is CC.COC(=O)c1ccc2nc(CN3CCC(n4ccc(OCc5ccc(C#N)cc5F)n4)CC3)n(C[C@@H]3CCCO3)c2c1. The number of ether oxygens (including phenoxy) is 3. The van der Waals surface area contributed by atoms with Crippen LogP contribution in [0.4, 0.5) is 4.39 Å². The molecule has 1 atom stereocenters. The second-order valence-corrected chi connectivity index (χ2v) is 10.8. The summed E-state index contributed by atoms with van der Waals surface area (Å²) in [4.78, 5) is 19.6. The summed E-state index contributed by atoms with van der Waals surface area (Å²) in [6.45, 7) is 7.99. The van der Waals surface area contributed by atoms with Gasteiger partial charge in [0.05, 0.1) is 60.6 Å². The molecule has 0 N–H and O–H groups in total. The maximum Gasteiger partial charge on any atom is 0.337 e. The second-order valence-electron chi connectivity index (χ2n) is 10.8. The lowest BCUT2D eigenvalue weighted by atomic mass is 10.1. The lowest BCUT2D eigenvalue weighted by molar-refractivity contribution is 0.0601. The third kappa shape index (κ3) is 7.09. The van der Waals surface area contributed by atoms with Crippen molar-refractivity contribution in [1.29, 1.82) is 5.26 Å². The van der Waals surface area contributed by atoms with Crippen LogP contribution in [0.1, 0.15) is 72.9 Å². The van der Waals surface area contributed by atoms with Gasteiger partial charge < -0.3 is 18.8 Å². The number of rotatable bonds is 9. The number of likely N-dealkylation sites (tertiary alicyclic amines) is 1. The van der Waals surface area contributed by atoms with E-state index in [0.29, 0.717) is 30.1 Å². The van der Waals surface area contributed by atoms with Crippen molar-refractivity contribution in [3.05, 3.63) is 77.0 Å². The van der Waals surface area contributed by atoms with Crippen LogP contribution in [0.5, 0.6) is 5.88 Å².